The first-order valence-corrected chi connectivity index (χ1v) is 11.8. The lowest BCUT2D eigenvalue weighted by molar-refractivity contribution is -0.140. The van der Waals surface area contributed by atoms with Crippen molar-refractivity contribution in [3.63, 3.8) is 0 Å². The third-order valence-corrected chi connectivity index (χ3v) is 6.85. The standard InChI is InChI=1S/C25H32FN5O2/c1-16-8-9-22(29-28-16)24(32)27-23-13-21(26)12-20(18(23)3)15-30-10-11-31(17(2)14-30)25(33)19-6-4-5-7-19/h8-9,12-13,17,19H,4-7,10-11,14-15H2,1-3H3,(H,27,32)/t17-/m0/s1. The van der Waals surface area contributed by atoms with Crippen molar-refractivity contribution >= 4 is 17.5 Å². The van der Waals surface area contributed by atoms with Crippen LogP contribution >= 0.6 is 0 Å². The van der Waals surface area contributed by atoms with Crippen LogP contribution in [0.15, 0.2) is 24.3 Å². The maximum absolute atomic E-state index is 14.4. The first kappa shape index (κ1) is 23.3. The molecule has 33 heavy (non-hydrogen) atoms. The smallest absolute Gasteiger partial charge is 0.276 e. The number of nitrogens with zero attached hydrogens (tertiary/aromatic N) is 4. The summed E-state index contributed by atoms with van der Waals surface area (Å²) in [5.41, 5.74) is 2.98. The molecule has 2 heterocycles. The molecule has 1 aliphatic heterocycles. The van der Waals surface area contributed by atoms with Crippen LogP contribution in [0.2, 0.25) is 0 Å². The van der Waals surface area contributed by atoms with E-state index in [1.54, 1.807) is 19.1 Å². The van der Waals surface area contributed by atoms with Crippen LogP contribution in [0.3, 0.4) is 0 Å². The Balaban J connectivity index is 1.42. The van der Waals surface area contributed by atoms with Crippen LogP contribution in [-0.4, -0.2) is 57.5 Å². The Hall–Kier alpha value is -2.87. The largest absolute Gasteiger partial charge is 0.337 e. The van der Waals surface area contributed by atoms with Gasteiger partial charge in [-0.2, -0.15) is 5.10 Å². The number of amides is 2. The summed E-state index contributed by atoms with van der Waals surface area (Å²) in [6.07, 6.45) is 4.33. The molecular weight excluding hydrogens is 421 g/mol. The third kappa shape index (κ3) is 5.38. The van der Waals surface area contributed by atoms with Crippen molar-refractivity contribution < 1.29 is 14.0 Å². The number of carbonyl (C=O) groups is 2. The lowest BCUT2D eigenvalue weighted by Gasteiger charge is -2.41. The molecule has 1 atom stereocenters. The maximum Gasteiger partial charge on any atom is 0.276 e. The number of piperazine rings is 1. The summed E-state index contributed by atoms with van der Waals surface area (Å²) < 4.78 is 14.4. The van der Waals surface area contributed by atoms with E-state index in [2.05, 4.69) is 27.3 Å². The van der Waals surface area contributed by atoms with E-state index in [0.29, 0.717) is 24.7 Å². The topological polar surface area (TPSA) is 78.4 Å². The predicted octanol–water partition coefficient (Wildman–Crippen LogP) is 3.71. The van der Waals surface area contributed by atoms with Gasteiger partial charge in [-0.3, -0.25) is 14.5 Å². The van der Waals surface area contributed by atoms with Gasteiger partial charge in [-0.25, -0.2) is 4.39 Å². The molecule has 2 aliphatic rings. The Bertz CT molecular complexity index is 1020. The molecule has 1 saturated heterocycles. The Morgan fingerprint density at radius 3 is 2.55 bits per heavy atom. The van der Waals surface area contributed by atoms with Gasteiger partial charge in [0, 0.05) is 43.8 Å². The molecule has 4 rings (SSSR count). The average molecular weight is 454 g/mol. The molecule has 0 radical (unpaired) electrons. The highest BCUT2D eigenvalue weighted by atomic mass is 19.1. The molecule has 1 aromatic carbocycles. The molecule has 0 bridgehead atoms. The van der Waals surface area contributed by atoms with E-state index < -0.39 is 11.7 Å². The van der Waals surface area contributed by atoms with Gasteiger partial charge in [0.05, 0.1) is 5.69 Å². The van der Waals surface area contributed by atoms with Gasteiger partial charge in [0.2, 0.25) is 5.91 Å². The van der Waals surface area contributed by atoms with Gasteiger partial charge in [-0.05, 0) is 69.0 Å². The fourth-order valence-electron chi connectivity index (χ4n) is 4.89. The van der Waals surface area contributed by atoms with Crippen LogP contribution in [0.4, 0.5) is 10.1 Å². The zero-order chi connectivity index (χ0) is 23.5. The quantitative estimate of drug-likeness (QED) is 0.747. The van der Waals surface area contributed by atoms with Crippen molar-refractivity contribution in [2.45, 2.75) is 59.0 Å². The van der Waals surface area contributed by atoms with Crippen LogP contribution in [0, 0.1) is 25.6 Å². The van der Waals surface area contributed by atoms with Gasteiger partial charge in [0.1, 0.15) is 5.82 Å². The van der Waals surface area contributed by atoms with E-state index in [9.17, 15) is 14.0 Å². The zero-order valence-electron chi connectivity index (χ0n) is 19.6. The molecule has 0 spiro atoms. The van der Waals surface area contributed by atoms with Crippen LogP contribution in [0.25, 0.3) is 0 Å². The fraction of sp³-hybridized carbons (Fsp3) is 0.520. The maximum atomic E-state index is 14.4. The van der Waals surface area contributed by atoms with E-state index >= 15 is 0 Å². The molecule has 1 aromatic heterocycles. The van der Waals surface area contributed by atoms with Crippen molar-refractivity contribution in [2.24, 2.45) is 5.92 Å². The highest BCUT2D eigenvalue weighted by Gasteiger charge is 2.33. The summed E-state index contributed by atoms with van der Waals surface area (Å²) in [5.74, 6) is -0.335. The molecule has 7 nitrogen and oxygen atoms in total. The fourth-order valence-corrected chi connectivity index (χ4v) is 4.89. The summed E-state index contributed by atoms with van der Waals surface area (Å²) in [6, 6.07) is 6.29. The highest BCUT2D eigenvalue weighted by molar-refractivity contribution is 6.03. The highest BCUT2D eigenvalue weighted by Crippen LogP contribution is 2.29. The molecule has 2 amide bonds. The Labute approximate surface area is 194 Å². The second-order valence-electron chi connectivity index (χ2n) is 9.35. The van der Waals surface area contributed by atoms with E-state index in [1.165, 1.54) is 12.1 Å². The number of hydrogen-bond donors (Lipinski definition) is 1. The number of halogens is 1. The molecule has 1 N–H and O–H groups in total. The van der Waals surface area contributed by atoms with E-state index in [4.69, 9.17) is 0 Å². The monoisotopic (exact) mass is 453 g/mol. The molecule has 2 aromatic rings. The number of benzene rings is 1. The van der Waals surface area contributed by atoms with Gasteiger partial charge in [-0.15, -0.1) is 5.10 Å². The number of aromatic nitrogens is 2. The lowest BCUT2D eigenvalue weighted by Crippen LogP contribution is -2.54. The van der Waals surface area contributed by atoms with E-state index in [-0.39, 0.29) is 17.7 Å². The zero-order valence-corrected chi connectivity index (χ0v) is 19.6. The minimum Gasteiger partial charge on any atom is -0.337 e. The molecule has 176 valence electrons. The summed E-state index contributed by atoms with van der Waals surface area (Å²) >= 11 is 0. The molecule has 1 aliphatic carbocycles. The molecule has 0 unspecified atom stereocenters. The normalized spacial score (nSPS) is 19.6. The molecule has 8 heteroatoms. The Kier molecular flexibility index (Phi) is 7.02. The van der Waals surface area contributed by atoms with Gasteiger partial charge in [-0.1, -0.05) is 12.8 Å². The van der Waals surface area contributed by atoms with Crippen molar-refractivity contribution in [3.8, 4) is 0 Å². The number of nitrogens with one attached hydrogen (secondary N) is 1. The van der Waals surface area contributed by atoms with Crippen LogP contribution in [-0.2, 0) is 11.3 Å². The Morgan fingerprint density at radius 2 is 1.88 bits per heavy atom. The number of aryl methyl sites for hydroxylation is 1. The van der Waals surface area contributed by atoms with Crippen LogP contribution in [0.5, 0.6) is 0 Å². The first-order chi connectivity index (χ1) is 15.8. The van der Waals surface area contributed by atoms with Crippen LogP contribution < -0.4 is 5.32 Å². The number of rotatable bonds is 5. The summed E-state index contributed by atoms with van der Waals surface area (Å²) in [4.78, 5) is 29.7. The number of hydrogen-bond acceptors (Lipinski definition) is 5. The number of anilines is 1. The first-order valence-electron chi connectivity index (χ1n) is 11.8. The van der Waals surface area contributed by atoms with Gasteiger partial charge >= 0.3 is 0 Å². The number of carbonyl (C=O) groups excluding carboxylic acids is 2. The molecule has 2 fully saturated rings. The predicted molar refractivity (Wildman–Crippen MR) is 124 cm³/mol. The third-order valence-electron chi connectivity index (χ3n) is 6.85. The average Bonchev–Trinajstić information content (AvgIpc) is 3.32. The van der Waals surface area contributed by atoms with Crippen molar-refractivity contribution in [2.75, 3.05) is 25.0 Å². The SMILES string of the molecule is Cc1ccc(C(=O)Nc2cc(F)cc(CN3CCN(C(=O)C4CCCC4)[C@@H](C)C3)c2C)nn1. The van der Waals surface area contributed by atoms with E-state index in [1.807, 2.05) is 11.8 Å². The summed E-state index contributed by atoms with van der Waals surface area (Å²) in [7, 11) is 0. The second-order valence-corrected chi connectivity index (χ2v) is 9.35. The minimum atomic E-state index is -0.421. The Morgan fingerprint density at radius 1 is 1.12 bits per heavy atom. The van der Waals surface area contributed by atoms with Crippen LogP contribution in [0.1, 0.15) is 59.9 Å². The second kappa shape index (κ2) is 9.95. The van der Waals surface area contributed by atoms with Gasteiger partial charge in [0.25, 0.3) is 5.91 Å². The van der Waals surface area contributed by atoms with Crippen molar-refractivity contribution in [1.82, 2.24) is 20.0 Å². The summed E-state index contributed by atoms with van der Waals surface area (Å²) in [6.45, 7) is 8.52. The minimum absolute atomic E-state index is 0.125. The van der Waals surface area contributed by atoms with Crippen molar-refractivity contribution in [3.05, 3.63) is 52.6 Å². The lowest BCUT2D eigenvalue weighted by atomic mass is 10.0. The molecule has 1 saturated carbocycles. The molecular formula is C25H32FN5O2. The van der Waals surface area contributed by atoms with E-state index in [0.717, 1.165) is 55.6 Å². The van der Waals surface area contributed by atoms with Gasteiger partial charge < -0.3 is 10.2 Å². The van der Waals surface area contributed by atoms with Gasteiger partial charge in [0.15, 0.2) is 5.69 Å². The van der Waals surface area contributed by atoms with Crippen molar-refractivity contribution in [1.29, 1.82) is 0 Å². The summed E-state index contributed by atoms with van der Waals surface area (Å²) in [5, 5.41) is 10.6.